The molecule has 0 heterocycles. The lowest BCUT2D eigenvalue weighted by Crippen LogP contribution is -2.37. The summed E-state index contributed by atoms with van der Waals surface area (Å²) in [5.41, 5.74) is 2.30. The first-order valence-corrected chi connectivity index (χ1v) is 7.48. The van der Waals surface area contributed by atoms with Crippen molar-refractivity contribution in [2.75, 3.05) is 20.3 Å². The summed E-state index contributed by atoms with van der Waals surface area (Å²) >= 11 is 4.11. The van der Waals surface area contributed by atoms with Crippen molar-refractivity contribution >= 4 is 24.8 Å². The summed E-state index contributed by atoms with van der Waals surface area (Å²) in [5, 5.41) is 2.94. The summed E-state index contributed by atoms with van der Waals surface area (Å²) in [6.45, 7) is 1.68. The Hall–Kier alpha value is -1.89. The van der Waals surface area contributed by atoms with E-state index in [9.17, 15) is 9.59 Å². The molecule has 0 aromatic heterocycles. The smallest absolute Gasteiger partial charge is 0.327 e. The van der Waals surface area contributed by atoms with E-state index >= 15 is 0 Å². The second-order valence-corrected chi connectivity index (χ2v) is 5.55. The Morgan fingerprint density at radius 1 is 1.45 bits per heavy atom. The number of aryl methyl sites for hydroxylation is 1. The molecule has 1 aromatic rings. The molecule has 120 valence electrons. The number of rotatable bonds is 5. The molecular weight excluding hydrogens is 304 g/mol. The summed E-state index contributed by atoms with van der Waals surface area (Å²) in [6, 6.07) is 5.54. The number of benzene rings is 1. The minimum Gasteiger partial charge on any atom is -0.497 e. The number of urea groups is 1. The Morgan fingerprint density at radius 3 is 2.91 bits per heavy atom. The van der Waals surface area contributed by atoms with Crippen LogP contribution in [-0.4, -0.2) is 36.6 Å². The van der Waals surface area contributed by atoms with Gasteiger partial charge in [-0.05, 0) is 36.1 Å². The molecule has 22 heavy (non-hydrogen) atoms. The lowest BCUT2D eigenvalue weighted by molar-refractivity contribution is -0.140. The standard InChI is InChI=1S/C15H20N2O4S/c1-10(18)21-8-7-17(22)15(19)16-14-6-4-11-3-5-12(20-2)9-13(11)14/h3,5,9,14,22H,4,6-8H2,1-2H3,(H,16,19). The third-order valence-corrected chi connectivity index (χ3v) is 3.95. The maximum Gasteiger partial charge on any atom is 0.327 e. The van der Waals surface area contributed by atoms with Gasteiger partial charge in [-0.3, -0.25) is 9.10 Å². The van der Waals surface area contributed by atoms with Gasteiger partial charge >= 0.3 is 12.0 Å². The molecule has 2 rings (SSSR count). The molecule has 1 aromatic carbocycles. The van der Waals surface area contributed by atoms with Gasteiger partial charge in [0.25, 0.3) is 0 Å². The zero-order valence-corrected chi connectivity index (χ0v) is 13.6. The van der Waals surface area contributed by atoms with Crippen LogP contribution in [0, 0.1) is 0 Å². The van der Waals surface area contributed by atoms with Crippen molar-refractivity contribution in [3.05, 3.63) is 29.3 Å². The van der Waals surface area contributed by atoms with E-state index in [-0.39, 0.29) is 31.2 Å². The number of carbonyl (C=O) groups excluding carboxylic acids is 2. The van der Waals surface area contributed by atoms with Gasteiger partial charge in [-0.2, -0.15) is 0 Å². The number of hydrogen-bond acceptors (Lipinski definition) is 5. The normalized spacial score (nSPS) is 15.9. The van der Waals surface area contributed by atoms with E-state index in [4.69, 9.17) is 9.47 Å². The van der Waals surface area contributed by atoms with Crippen LogP contribution in [0.1, 0.15) is 30.5 Å². The second kappa shape index (κ2) is 7.40. The fraction of sp³-hybridized carbons (Fsp3) is 0.467. The molecule has 1 aliphatic carbocycles. The Kier molecular flexibility index (Phi) is 5.54. The van der Waals surface area contributed by atoms with Crippen LogP contribution in [0.4, 0.5) is 4.79 Å². The van der Waals surface area contributed by atoms with E-state index in [2.05, 4.69) is 18.1 Å². The largest absolute Gasteiger partial charge is 0.497 e. The number of carbonyl (C=O) groups is 2. The van der Waals surface area contributed by atoms with Crippen LogP contribution < -0.4 is 10.1 Å². The summed E-state index contributed by atoms with van der Waals surface area (Å²) in [4.78, 5) is 22.8. The Balaban J connectivity index is 1.92. The Labute approximate surface area is 135 Å². The predicted molar refractivity (Wildman–Crippen MR) is 84.9 cm³/mol. The SMILES string of the molecule is COc1ccc2c(c1)C(NC(=O)N(S)CCOC(C)=O)CC2. The first-order valence-electron chi connectivity index (χ1n) is 7.08. The van der Waals surface area contributed by atoms with Crippen molar-refractivity contribution < 1.29 is 19.1 Å². The molecule has 0 spiro atoms. The van der Waals surface area contributed by atoms with E-state index in [1.165, 1.54) is 16.8 Å². The highest BCUT2D eigenvalue weighted by atomic mass is 32.1. The van der Waals surface area contributed by atoms with Crippen LogP contribution in [0.15, 0.2) is 18.2 Å². The van der Waals surface area contributed by atoms with Gasteiger partial charge in [-0.15, -0.1) is 0 Å². The van der Waals surface area contributed by atoms with Gasteiger partial charge in [-0.25, -0.2) is 4.79 Å². The van der Waals surface area contributed by atoms with Gasteiger partial charge in [0.2, 0.25) is 0 Å². The fourth-order valence-corrected chi connectivity index (χ4v) is 2.60. The van der Waals surface area contributed by atoms with Crippen LogP contribution >= 0.6 is 12.8 Å². The van der Waals surface area contributed by atoms with Crippen LogP contribution in [0.5, 0.6) is 5.75 Å². The van der Waals surface area contributed by atoms with E-state index in [1.807, 2.05) is 18.2 Å². The molecule has 2 amide bonds. The van der Waals surface area contributed by atoms with Crippen molar-refractivity contribution in [1.29, 1.82) is 0 Å². The van der Waals surface area contributed by atoms with Crippen LogP contribution in [0.3, 0.4) is 0 Å². The minimum atomic E-state index is -0.376. The Morgan fingerprint density at radius 2 is 2.23 bits per heavy atom. The monoisotopic (exact) mass is 324 g/mol. The molecule has 0 aliphatic heterocycles. The van der Waals surface area contributed by atoms with E-state index < -0.39 is 0 Å². The molecular formula is C15H20N2O4S. The number of thiol groups is 1. The van der Waals surface area contributed by atoms with Gasteiger partial charge in [0.15, 0.2) is 0 Å². The van der Waals surface area contributed by atoms with Gasteiger partial charge < -0.3 is 14.8 Å². The highest BCUT2D eigenvalue weighted by Crippen LogP contribution is 2.33. The van der Waals surface area contributed by atoms with E-state index in [0.717, 1.165) is 24.2 Å². The van der Waals surface area contributed by atoms with Crippen molar-refractivity contribution in [3.63, 3.8) is 0 Å². The molecule has 1 N–H and O–H groups in total. The maximum absolute atomic E-state index is 12.1. The first kappa shape index (κ1) is 16.5. The minimum absolute atomic E-state index is 0.0547. The summed E-state index contributed by atoms with van der Waals surface area (Å²) in [6.07, 6.45) is 1.77. The lowest BCUT2D eigenvalue weighted by atomic mass is 10.1. The number of hydrogen-bond donors (Lipinski definition) is 2. The average molecular weight is 324 g/mol. The molecule has 0 saturated heterocycles. The van der Waals surface area contributed by atoms with Crippen LogP contribution in [0.2, 0.25) is 0 Å². The molecule has 1 atom stereocenters. The van der Waals surface area contributed by atoms with Crippen molar-refractivity contribution in [2.45, 2.75) is 25.8 Å². The fourth-order valence-electron chi connectivity index (χ4n) is 2.46. The molecule has 6 nitrogen and oxygen atoms in total. The number of esters is 1. The summed E-state index contributed by atoms with van der Waals surface area (Å²) in [5.74, 6) is 0.399. The number of amides is 2. The molecule has 1 unspecified atom stereocenters. The quantitative estimate of drug-likeness (QED) is 0.643. The zero-order chi connectivity index (χ0) is 16.1. The molecule has 0 radical (unpaired) electrons. The van der Waals surface area contributed by atoms with Crippen molar-refractivity contribution in [1.82, 2.24) is 9.62 Å². The molecule has 0 bridgehead atoms. The van der Waals surface area contributed by atoms with Crippen LogP contribution in [-0.2, 0) is 16.0 Å². The zero-order valence-electron chi connectivity index (χ0n) is 12.7. The summed E-state index contributed by atoms with van der Waals surface area (Å²) in [7, 11) is 1.62. The number of methoxy groups -OCH3 is 1. The number of nitrogens with one attached hydrogen (secondary N) is 1. The first-order chi connectivity index (χ1) is 10.5. The molecule has 0 saturated carbocycles. The lowest BCUT2D eigenvalue weighted by Gasteiger charge is -2.20. The molecule has 7 heteroatoms. The second-order valence-electron chi connectivity index (χ2n) is 5.07. The highest BCUT2D eigenvalue weighted by Gasteiger charge is 2.25. The van der Waals surface area contributed by atoms with Crippen LogP contribution in [0.25, 0.3) is 0 Å². The topological polar surface area (TPSA) is 67.9 Å². The van der Waals surface area contributed by atoms with E-state index in [0.29, 0.717) is 0 Å². The molecule has 1 aliphatic rings. The predicted octanol–water partition coefficient (Wildman–Crippen LogP) is 2.10. The number of fused-ring (bicyclic) bond motifs is 1. The van der Waals surface area contributed by atoms with Gasteiger partial charge in [0.05, 0.1) is 19.7 Å². The number of nitrogens with zero attached hydrogens (tertiary/aromatic N) is 1. The van der Waals surface area contributed by atoms with Gasteiger partial charge in [0, 0.05) is 6.92 Å². The van der Waals surface area contributed by atoms with Gasteiger partial charge in [0.1, 0.15) is 12.4 Å². The third kappa shape index (κ3) is 4.07. The average Bonchev–Trinajstić information content (AvgIpc) is 2.88. The van der Waals surface area contributed by atoms with Crippen molar-refractivity contribution in [3.8, 4) is 5.75 Å². The van der Waals surface area contributed by atoms with Gasteiger partial charge in [-0.1, -0.05) is 18.9 Å². The maximum atomic E-state index is 12.1. The third-order valence-electron chi connectivity index (χ3n) is 3.57. The highest BCUT2D eigenvalue weighted by molar-refractivity contribution is 7.78. The number of ether oxygens (including phenoxy) is 2. The Bertz CT molecular complexity index is 564. The van der Waals surface area contributed by atoms with Crippen molar-refractivity contribution in [2.24, 2.45) is 0 Å². The summed E-state index contributed by atoms with van der Waals surface area (Å²) < 4.78 is 11.2. The molecule has 0 fully saturated rings. The van der Waals surface area contributed by atoms with E-state index in [1.54, 1.807) is 7.11 Å².